The van der Waals surface area contributed by atoms with Gasteiger partial charge in [-0.15, -0.1) is 13.2 Å². The summed E-state index contributed by atoms with van der Waals surface area (Å²) in [6.45, 7) is 6.00. The highest BCUT2D eigenvalue weighted by Gasteiger charge is 2.42. The Morgan fingerprint density at radius 3 is 1.38 bits per heavy atom. The highest BCUT2D eigenvalue weighted by molar-refractivity contribution is 5.70. The molecule has 0 aromatic heterocycles. The molecule has 0 unspecified atom stereocenters. The molecule has 0 spiro atoms. The topological polar surface area (TPSA) is 37.3 Å². The minimum Gasteiger partial charge on any atom is -0.481 e. The first-order valence-corrected chi connectivity index (χ1v) is 3.87. The first kappa shape index (κ1) is 17.2. The molecule has 16 heavy (non-hydrogen) atoms. The maximum Gasteiger partial charge on any atom is 0.389 e. The summed E-state index contributed by atoms with van der Waals surface area (Å²) in [6, 6.07) is 0. The zero-order valence-electron chi connectivity index (χ0n) is 8.03. The second kappa shape index (κ2) is 6.39. The number of hydrogen-bond acceptors (Lipinski definition) is 1. The lowest BCUT2D eigenvalue weighted by molar-refractivity contribution is -0.185. The van der Waals surface area contributed by atoms with Crippen molar-refractivity contribution in [2.75, 3.05) is 0 Å². The van der Waals surface area contributed by atoms with Crippen molar-refractivity contribution in [3.63, 3.8) is 0 Å². The average Bonchev–Trinajstić information content (AvgIpc) is 2.01. The van der Waals surface area contributed by atoms with Gasteiger partial charge in [0.15, 0.2) is 0 Å². The van der Waals surface area contributed by atoms with Gasteiger partial charge in [0.2, 0.25) is 0 Å². The molecule has 0 atom stereocenters. The standard InChI is InChI=1S/C6H6F6O2.C2H4/c7-5(8,9)1-3(4(13)14)2-6(10,11)12;1-2/h3H,1-2H2,(H,13,14);1-2H2. The van der Waals surface area contributed by atoms with E-state index in [9.17, 15) is 31.1 Å². The summed E-state index contributed by atoms with van der Waals surface area (Å²) in [7, 11) is 0. The van der Waals surface area contributed by atoms with E-state index in [1.54, 1.807) is 0 Å². The maximum absolute atomic E-state index is 11.6. The number of carbonyl (C=O) groups is 1. The summed E-state index contributed by atoms with van der Waals surface area (Å²) in [5, 5.41) is 8.10. The Morgan fingerprint density at radius 1 is 1.00 bits per heavy atom. The second-order valence-corrected chi connectivity index (χ2v) is 2.67. The van der Waals surface area contributed by atoms with E-state index >= 15 is 0 Å². The fourth-order valence-electron chi connectivity index (χ4n) is 0.806. The molecule has 0 aromatic rings. The first-order valence-electron chi connectivity index (χ1n) is 3.87. The van der Waals surface area contributed by atoms with Gasteiger partial charge < -0.3 is 5.11 Å². The van der Waals surface area contributed by atoms with Crippen molar-refractivity contribution >= 4 is 5.97 Å². The van der Waals surface area contributed by atoms with Gasteiger partial charge in [0.05, 0.1) is 18.8 Å². The van der Waals surface area contributed by atoms with Crippen LogP contribution in [0.5, 0.6) is 0 Å². The van der Waals surface area contributed by atoms with Gasteiger partial charge in [-0.05, 0) is 0 Å². The first-order chi connectivity index (χ1) is 7.01. The molecule has 96 valence electrons. The molecular formula is C8H10F6O2. The van der Waals surface area contributed by atoms with Crippen LogP contribution in [0.4, 0.5) is 26.3 Å². The van der Waals surface area contributed by atoms with E-state index in [-0.39, 0.29) is 0 Å². The van der Waals surface area contributed by atoms with Crippen molar-refractivity contribution in [2.45, 2.75) is 25.2 Å². The number of aliphatic carboxylic acids is 1. The molecule has 0 heterocycles. The van der Waals surface area contributed by atoms with E-state index < -0.39 is 37.1 Å². The van der Waals surface area contributed by atoms with Gasteiger partial charge in [0, 0.05) is 0 Å². The zero-order chi connectivity index (χ0) is 13.6. The molecule has 8 heteroatoms. The van der Waals surface area contributed by atoms with Crippen LogP contribution in [0.15, 0.2) is 13.2 Å². The highest BCUT2D eigenvalue weighted by atomic mass is 19.4. The summed E-state index contributed by atoms with van der Waals surface area (Å²) in [4.78, 5) is 10.1. The summed E-state index contributed by atoms with van der Waals surface area (Å²) in [6.07, 6.45) is -13.8. The lowest BCUT2D eigenvalue weighted by atomic mass is 10.0. The number of halogens is 6. The van der Waals surface area contributed by atoms with E-state index in [0.29, 0.717) is 0 Å². The third kappa shape index (κ3) is 10.9. The van der Waals surface area contributed by atoms with Crippen molar-refractivity contribution in [2.24, 2.45) is 5.92 Å². The van der Waals surface area contributed by atoms with E-state index in [0.717, 1.165) is 0 Å². The van der Waals surface area contributed by atoms with Crippen LogP contribution in [0.1, 0.15) is 12.8 Å². The molecule has 0 fully saturated rings. The van der Waals surface area contributed by atoms with Gasteiger partial charge in [-0.25, -0.2) is 0 Å². The Balaban J connectivity index is 0. The smallest absolute Gasteiger partial charge is 0.389 e. The summed E-state index contributed by atoms with van der Waals surface area (Å²) < 4.78 is 69.7. The molecule has 1 N–H and O–H groups in total. The van der Waals surface area contributed by atoms with Crippen LogP contribution < -0.4 is 0 Å². The fraction of sp³-hybridized carbons (Fsp3) is 0.625. The zero-order valence-corrected chi connectivity index (χ0v) is 8.03. The Hall–Kier alpha value is -1.21. The van der Waals surface area contributed by atoms with E-state index in [1.807, 2.05) is 0 Å². The van der Waals surface area contributed by atoms with Crippen LogP contribution in [0.3, 0.4) is 0 Å². The normalized spacial score (nSPS) is 11.9. The largest absolute Gasteiger partial charge is 0.481 e. The summed E-state index contributed by atoms with van der Waals surface area (Å²) in [5.74, 6) is -4.56. The van der Waals surface area contributed by atoms with Crippen molar-refractivity contribution in [1.29, 1.82) is 0 Å². The predicted molar refractivity (Wildman–Crippen MR) is 43.7 cm³/mol. The average molecular weight is 252 g/mol. The van der Waals surface area contributed by atoms with Crippen LogP contribution in [0, 0.1) is 5.92 Å². The van der Waals surface area contributed by atoms with Crippen LogP contribution in [0.2, 0.25) is 0 Å². The molecule has 0 radical (unpaired) electrons. The Bertz CT molecular complexity index is 204. The third-order valence-electron chi connectivity index (χ3n) is 1.30. The molecule has 0 amide bonds. The molecule has 0 saturated carbocycles. The quantitative estimate of drug-likeness (QED) is 0.617. The lowest BCUT2D eigenvalue weighted by Gasteiger charge is -2.15. The van der Waals surface area contributed by atoms with Gasteiger partial charge in [-0.3, -0.25) is 4.79 Å². The summed E-state index contributed by atoms with van der Waals surface area (Å²) in [5.41, 5.74) is 0. The molecule has 0 saturated heterocycles. The van der Waals surface area contributed by atoms with Gasteiger partial charge in [0.1, 0.15) is 0 Å². The van der Waals surface area contributed by atoms with Crippen LogP contribution in [-0.2, 0) is 4.79 Å². The number of carboxylic acid groups (broad SMARTS) is 1. The van der Waals surface area contributed by atoms with Crippen molar-refractivity contribution in [3.8, 4) is 0 Å². The molecule has 0 bridgehead atoms. The molecular weight excluding hydrogens is 242 g/mol. The van der Waals surface area contributed by atoms with Crippen molar-refractivity contribution in [3.05, 3.63) is 13.2 Å². The number of carboxylic acids is 1. The van der Waals surface area contributed by atoms with Gasteiger partial charge in [-0.1, -0.05) is 0 Å². The lowest BCUT2D eigenvalue weighted by Crippen LogP contribution is -2.27. The van der Waals surface area contributed by atoms with Crippen molar-refractivity contribution < 1.29 is 36.2 Å². The van der Waals surface area contributed by atoms with E-state index in [2.05, 4.69) is 13.2 Å². The second-order valence-electron chi connectivity index (χ2n) is 2.67. The molecule has 0 aromatic carbocycles. The molecule has 0 rings (SSSR count). The number of rotatable bonds is 3. The third-order valence-corrected chi connectivity index (χ3v) is 1.30. The Morgan fingerprint density at radius 2 is 1.25 bits per heavy atom. The van der Waals surface area contributed by atoms with Crippen LogP contribution >= 0.6 is 0 Å². The van der Waals surface area contributed by atoms with Crippen LogP contribution in [0.25, 0.3) is 0 Å². The van der Waals surface area contributed by atoms with Crippen molar-refractivity contribution in [1.82, 2.24) is 0 Å². The molecule has 0 aliphatic carbocycles. The number of alkyl halides is 6. The minimum absolute atomic E-state index is 1.97. The fourth-order valence-corrected chi connectivity index (χ4v) is 0.806. The van der Waals surface area contributed by atoms with E-state index in [4.69, 9.17) is 5.11 Å². The van der Waals surface area contributed by atoms with Gasteiger partial charge in [0.25, 0.3) is 0 Å². The maximum atomic E-state index is 11.6. The highest BCUT2D eigenvalue weighted by Crippen LogP contribution is 2.32. The molecule has 0 aliphatic rings. The minimum atomic E-state index is -4.91. The molecule has 0 aliphatic heterocycles. The van der Waals surface area contributed by atoms with E-state index in [1.165, 1.54) is 0 Å². The molecule has 2 nitrogen and oxygen atoms in total. The van der Waals surface area contributed by atoms with Crippen LogP contribution in [-0.4, -0.2) is 23.4 Å². The Labute approximate surface area is 87.6 Å². The SMILES string of the molecule is C=C.O=C(O)C(CC(F)(F)F)CC(F)(F)F. The van der Waals surface area contributed by atoms with Gasteiger partial charge >= 0.3 is 18.3 Å². The monoisotopic (exact) mass is 252 g/mol. The predicted octanol–water partition coefficient (Wildman–Crippen LogP) is 3.39. The summed E-state index contributed by atoms with van der Waals surface area (Å²) >= 11 is 0. The van der Waals surface area contributed by atoms with Gasteiger partial charge in [-0.2, -0.15) is 26.3 Å². The number of hydrogen-bond donors (Lipinski definition) is 1. The Kier molecular flexibility index (Phi) is 6.87.